The number of aliphatic hydroxyl groups excluding tert-OH is 1. The van der Waals surface area contributed by atoms with Crippen LogP contribution in [-0.4, -0.2) is 29.2 Å². The van der Waals surface area contributed by atoms with Crippen molar-refractivity contribution in [3.63, 3.8) is 0 Å². The van der Waals surface area contributed by atoms with Gasteiger partial charge in [-0.15, -0.1) is 0 Å². The highest BCUT2D eigenvalue weighted by Gasteiger charge is 2.18. The van der Waals surface area contributed by atoms with Gasteiger partial charge in [0.05, 0.1) is 6.10 Å². The van der Waals surface area contributed by atoms with Crippen molar-refractivity contribution in [2.75, 3.05) is 18.4 Å². The predicted molar refractivity (Wildman–Crippen MR) is 95.4 cm³/mol. The maximum absolute atomic E-state index is 13.5. The smallest absolute Gasteiger partial charge is 0.159 e. The van der Waals surface area contributed by atoms with E-state index < -0.39 is 11.6 Å². The summed E-state index contributed by atoms with van der Waals surface area (Å²) in [7, 11) is 0. The fraction of sp³-hybridized carbons (Fsp3) is 0.400. The Labute approximate surface area is 147 Å². The van der Waals surface area contributed by atoms with Crippen molar-refractivity contribution in [3.8, 4) is 0 Å². The summed E-state index contributed by atoms with van der Waals surface area (Å²) in [5.74, 6) is -1.66. The Morgan fingerprint density at radius 1 is 1.12 bits per heavy atom. The van der Waals surface area contributed by atoms with Crippen LogP contribution >= 0.6 is 0 Å². The maximum atomic E-state index is 13.5. The van der Waals surface area contributed by atoms with Crippen LogP contribution in [0.2, 0.25) is 0 Å². The minimum absolute atomic E-state index is 0.139. The number of anilines is 1. The van der Waals surface area contributed by atoms with Crippen LogP contribution in [0.5, 0.6) is 0 Å². The number of benzene rings is 2. The molecule has 1 saturated heterocycles. The maximum Gasteiger partial charge on any atom is 0.159 e. The minimum Gasteiger partial charge on any atom is -0.393 e. The van der Waals surface area contributed by atoms with Gasteiger partial charge in [0, 0.05) is 31.4 Å². The Balaban J connectivity index is 1.70. The van der Waals surface area contributed by atoms with Crippen LogP contribution in [0.15, 0.2) is 42.5 Å². The van der Waals surface area contributed by atoms with Gasteiger partial charge in [0.15, 0.2) is 11.6 Å². The number of hydrogen-bond acceptors (Lipinski definition) is 3. The summed E-state index contributed by atoms with van der Waals surface area (Å²) in [6.07, 6.45) is 1.43. The van der Waals surface area contributed by atoms with Crippen LogP contribution in [0, 0.1) is 11.6 Å². The third-order valence-corrected chi connectivity index (χ3v) is 4.78. The first-order valence-electron chi connectivity index (χ1n) is 8.72. The molecule has 134 valence electrons. The number of hydrogen-bond donors (Lipinski definition) is 2. The number of nitrogens with zero attached hydrogens (tertiary/aromatic N) is 1. The largest absolute Gasteiger partial charge is 0.393 e. The van der Waals surface area contributed by atoms with Crippen LogP contribution in [-0.2, 0) is 6.54 Å². The van der Waals surface area contributed by atoms with Crippen molar-refractivity contribution in [2.24, 2.45) is 0 Å². The van der Waals surface area contributed by atoms with E-state index in [1.54, 1.807) is 6.07 Å². The van der Waals surface area contributed by atoms with Gasteiger partial charge in [-0.3, -0.25) is 4.90 Å². The number of piperidine rings is 1. The average Bonchev–Trinajstić information content (AvgIpc) is 2.61. The number of likely N-dealkylation sites (tertiary alicyclic amines) is 1. The van der Waals surface area contributed by atoms with Gasteiger partial charge in [-0.25, -0.2) is 8.78 Å². The first kappa shape index (κ1) is 17.8. The monoisotopic (exact) mass is 346 g/mol. The van der Waals surface area contributed by atoms with Gasteiger partial charge in [-0.05, 0) is 49.1 Å². The van der Waals surface area contributed by atoms with Gasteiger partial charge in [0.25, 0.3) is 0 Å². The molecule has 5 heteroatoms. The van der Waals surface area contributed by atoms with E-state index in [1.807, 2.05) is 25.1 Å². The fourth-order valence-electron chi connectivity index (χ4n) is 3.22. The molecule has 0 saturated carbocycles. The van der Waals surface area contributed by atoms with E-state index in [0.29, 0.717) is 5.56 Å². The van der Waals surface area contributed by atoms with E-state index in [4.69, 9.17) is 0 Å². The lowest BCUT2D eigenvalue weighted by Gasteiger charge is -2.30. The Morgan fingerprint density at radius 3 is 2.56 bits per heavy atom. The van der Waals surface area contributed by atoms with Crippen molar-refractivity contribution in [3.05, 3.63) is 65.2 Å². The number of nitrogens with one attached hydrogen (secondary N) is 1. The van der Waals surface area contributed by atoms with Crippen molar-refractivity contribution in [1.29, 1.82) is 0 Å². The van der Waals surface area contributed by atoms with Crippen LogP contribution in [0.1, 0.15) is 36.9 Å². The quantitative estimate of drug-likeness (QED) is 0.856. The Kier molecular flexibility index (Phi) is 5.66. The molecule has 1 fully saturated rings. The molecule has 3 rings (SSSR count). The molecule has 0 amide bonds. The van der Waals surface area contributed by atoms with Gasteiger partial charge in [0.2, 0.25) is 0 Å². The van der Waals surface area contributed by atoms with Crippen LogP contribution in [0.3, 0.4) is 0 Å². The molecule has 1 heterocycles. The zero-order chi connectivity index (χ0) is 17.8. The van der Waals surface area contributed by atoms with Gasteiger partial charge < -0.3 is 10.4 Å². The molecule has 1 aliphatic rings. The molecular weight excluding hydrogens is 322 g/mol. The lowest BCUT2D eigenvalue weighted by molar-refractivity contribution is 0.0793. The van der Waals surface area contributed by atoms with Crippen LogP contribution in [0.25, 0.3) is 0 Å². The van der Waals surface area contributed by atoms with E-state index in [9.17, 15) is 13.9 Å². The second kappa shape index (κ2) is 7.93. The molecule has 2 N–H and O–H groups in total. The first-order chi connectivity index (χ1) is 12.0. The lowest BCUT2D eigenvalue weighted by Crippen LogP contribution is -2.35. The fourth-order valence-corrected chi connectivity index (χ4v) is 3.22. The van der Waals surface area contributed by atoms with Gasteiger partial charge in [-0.1, -0.05) is 24.3 Å². The Bertz CT molecular complexity index is 715. The number of rotatable bonds is 5. The highest BCUT2D eigenvalue weighted by Crippen LogP contribution is 2.25. The molecule has 1 atom stereocenters. The van der Waals surface area contributed by atoms with Crippen molar-refractivity contribution >= 4 is 5.69 Å². The SMILES string of the molecule is CC(Nc1ccccc1CN1CCC(O)CC1)c1ccc(F)c(F)c1. The average molecular weight is 346 g/mol. The van der Waals surface area contributed by atoms with Crippen molar-refractivity contribution < 1.29 is 13.9 Å². The number of para-hydroxylation sites is 1. The lowest BCUT2D eigenvalue weighted by atomic mass is 10.0. The summed E-state index contributed by atoms with van der Waals surface area (Å²) in [5, 5.41) is 13.0. The molecule has 0 spiro atoms. The molecule has 2 aromatic rings. The zero-order valence-electron chi connectivity index (χ0n) is 14.4. The third kappa shape index (κ3) is 4.55. The molecule has 1 aliphatic heterocycles. The minimum atomic E-state index is -0.830. The molecule has 0 aliphatic carbocycles. The van der Waals surface area contributed by atoms with E-state index in [1.165, 1.54) is 6.07 Å². The van der Waals surface area contributed by atoms with Gasteiger partial charge in [-0.2, -0.15) is 0 Å². The first-order valence-corrected chi connectivity index (χ1v) is 8.72. The zero-order valence-corrected chi connectivity index (χ0v) is 14.4. The van der Waals surface area contributed by atoms with Crippen LogP contribution < -0.4 is 5.32 Å². The van der Waals surface area contributed by atoms with E-state index in [2.05, 4.69) is 16.3 Å². The standard InChI is InChI=1S/C20H24F2N2O/c1-14(15-6-7-18(21)19(22)12-15)23-20-5-3-2-4-16(20)13-24-10-8-17(25)9-11-24/h2-7,12,14,17,23,25H,8-11,13H2,1H3. The summed E-state index contributed by atoms with van der Waals surface area (Å²) in [6, 6.07) is 11.9. The Hall–Kier alpha value is -1.98. The second-order valence-electron chi connectivity index (χ2n) is 6.70. The van der Waals surface area contributed by atoms with E-state index in [-0.39, 0.29) is 12.1 Å². The molecule has 0 aromatic heterocycles. The van der Waals surface area contributed by atoms with Gasteiger partial charge >= 0.3 is 0 Å². The third-order valence-electron chi connectivity index (χ3n) is 4.78. The Morgan fingerprint density at radius 2 is 1.84 bits per heavy atom. The number of halogens is 2. The molecule has 0 radical (unpaired) electrons. The highest BCUT2D eigenvalue weighted by atomic mass is 19.2. The summed E-state index contributed by atoms with van der Waals surface area (Å²) in [5.41, 5.74) is 2.86. The molecule has 1 unspecified atom stereocenters. The topological polar surface area (TPSA) is 35.5 Å². The second-order valence-corrected chi connectivity index (χ2v) is 6.70. The number of aliphatic hydroxyl groups is 1. The van der Waals surface area contributed by atoms with E-state index in [0.717, 1.165) is 49.8 Å². The summed E-state index contributed by atoms with van der Waals surface area (Å²) >= 11 is 0. The summed E-state index contributed by atoms with van der Waals surface area (Å²) < 4.78 is 26.6. The molecular formula is C20H24F2N2O. The summed E-state index contributed by atoms with van der Waals surface area (Å²) in [6.45, 7) is 4.50. The normalized spacial score (nSPS) is 17.4. The van der Waals surface area contributed by atoms with Gasteiger partial charge in [0.1, 0.15) is 0 Å². The molecule has 3 nitrogen and oxygen atoms in total. The van der Waals surface area contributed by atoms with Crippen molar-refractivity contribution in [2.45, 2.75) is 38.5 Å². The predicted octanol–water partition coefficient (Wildman–Crippen LogP) is 4.09. The molecule has 0 bridgehead atoms. The molecule has 25 heavy (non-hydrogen) atoms. The molecule has 2 aromatic carbocycles. The highest BCUT2D eigenvalue weighted by molar-refractivity contribution is 5.52. The van der Waals surface area contributed by atoms with Crippen molar-refractivity contribution in [1.82, 2.24) is 4.90 Å². The summed E-state index contributed by atoms with van der Waals surface area (Å²) in [4.78, 5) is 2.33. The van der Waals surface area contributed by atoms with Crippen LogP contribution in [0.4, 0.5) is 14.5 Å². The van der Waals surface area contributed by atoms with E-state index >= 15 is 0 Å².